The maximum Gasteiger partial charge on any atom is 0.191 e. The second-order valence-corrected chi connectivity index (χ2v) is 7.56. The van der Waals surface area contributed by atoms with E-state index in [9.17, 15) is 0 Å². The SMILES string of the molecule is Bc1ccc2c(c1)C1CCC/C(=N\NC(=S)Nc3ccccc3)C1N2C. The molecule has 0 radical (unpaired) electrons. The van der Waals surface area contributed by atoms with Crippen LogP contribution in [0.2, 0.25) is 0 Å². The van der Waals surface area contributed by atoms with Gasteiger partial charge in [-0.15, -0.1) is 0 Å². The number of nitrogens with zero attached hydrogens (tertiary/aromatic N) is 2. The van der Waals surface area contributed by atoms with Crippen LogP contribution in [0.5, 0.6) is 0 Å². The molecule has 6 heteroatoms. The first-order valence-corrected chi connectivity index (χ1v) is 9.56. The van der Waals surface area contributed by atoms with Crippen molar-refractivity contribution in [3.63, 3.8) is 0 Å². The molecule has 132 valence electrons. The van der Waals surface area contributed by atoms with Crippen molar-refractivity contribution >= 4 is 47.7 Å². The Bertz CT molecular complexity index is 852. The number of nitrogens with one attached hydrogen (secondary N) is 2. The van der Waals surface area contributed by atoms with Gasteiger partial charge in [-0.05, 0) is 55.2 Å². The highest BCUT2D eigenvalue weighted by Gasteiger charge is 2.41. The van der Waals surface area contributed by atoms with E-state index in [1.54, 1.807) is 0 Å². The highest BCUT2D eigenvalue weighted by Crippen LogP contribution is 2.45. The number of para-hydroxylation sites is 1. The fourth-order valence-electron chi connectivity index (χ4n) is 4.23. The zero-order valence-electron chi connectivity index (χ0n) is 15.2. The second-order valence-electron chi connectivity index (χ2n) is 7.15. The third-order valence-corrected chi connectivity index (χ3v) is 5.58. The van der Waals surface area contributed by atoms with E-state index in [1.165, 1.54) is 35.3 Å². The molecule has 1 fully saturated rings. The Kier molecular flexibility index (Phi) is 4.68. The smallest absolute Gasteiger partial charge is 0.191 e. The number of hydrazone groups is 1. The molecule has 0 saturated heterocycles. The molecular formula is C20H23BN4S. The summed E-state index contributed by atoms with van der Waals surface area (Å²) in [5.74, 6) is 0.528. The van der Waals surface area contributed by atoms with Crippen LogP contribution in [0.25, 0.3) is 0 Å². The van der Waals surface area contributed by atoms with Gasteiger partial charge in [0.25, 0.3) is 0 Å². The van der Waals surface area contributed by atoms with E-state index in [2.05, 4.69) is 48.7 Å². The molecule has 2 unspecified atom stereocenters. The zero-order valence-corrected chi connectivity index (χ0v) is 16.0. The molecule has 0 spiro atoms. The van der Waals surface area contributed by atoms with E-state index in [0.29, 0.717) is 17.1 Å². The molecule has 2 aliphatic rings. The first-order valence-electron chi connectivity index (χ1n) is 9.15. The third kappa shape index (κ3) is 3.21. The number of thiocarbonyl (C=S) groups is 1. The highest BCUT2D eigenvalue weighted by molar-refractivity contribution is 7.80. The van der Waals surface area contributed by atoms with Crippen LogP contribution in [0, 0.1) is 0 Å². The van der Waals surface area contributed by atoms with Gasteiger partial charge < -0.3 is 10.2 Å². The minimum atomic E-state index is 0.326. The Morgan fingerprint density at radius 1 is 1.23 bits per heavy atom. The summed E-state index contributed by atoms with van der Waals surface area (Å²) in [6.07, 6.45) is 3.40. The van der Waals surface area contributed by atoms with E-state index >= 15 is 0 Å². The molecule has 2 atom stereocenters. The monoisotopic (exact) mass is 362 g/mol. The summed E-state index contributed by atoms with van der Waals surface area (Å²) in [5, 5.41) is 8.40. The number of hydrogen-bond acceptors (Lipinski definition) is 3. The van der Waals surface area contributed by atoms with Crippen LogP contribution in [0.15, 0.2) is 53.6 Å². The lowest BCUT2D eigenvalue weighted by Crippen LogP contribution is -2.42. The summed E-state index contributed by atoms with van der Waals surface area (Å²) >= 11 is 5.40. The average Bonchev–Trinajstić information content (AvgIpc) is 2.93. The van der Waals surface area contributed by atoms with Gasteiger partial charge in [0, 0.05) is 24.3 Å². The van der Waals surface area contributed by atoms with E-state index < -0.39 is 0 Å². The van der Waals surface area contributed by atoms with Crippen LogP contribution >= 0.6 is 12.2 Å². The normalized spacial score (nSPS) is 22.7. The molecule has 4 nitrogen and oxygen atoms in total. The molecule has 0 bridgehead atoms. The second kappa shape index (κ2) is 7.12. The number of hydrogen-bond donors (Lipinski definition) is 2. The summed E-state index contributed by atoms with van der Waals surface area (Å²) in [6.45, 7) is 0. The molecule has 4 rings (SSSR count). The summed E-state index contributed by atoms with van der Waals surface area (Å²) in [4.78, 5) is 2.38. The third-order valence-electron chi connectivity index (χ3n) is 5.38. The van der Waals surface area contributed by atoms with Crippen LogP contribution in [0.3, 0.4) is 0 Å². The van der Waals surface area contributed by atoms with Crippen molar-refractivity contribution in [2.75, 3.05) is 17.3 Å². The van der Waals surface area contributed by atoms with Crippen molar-refractivity contribution < 1.29 is 0 Å². The van der Waals surface area contributed by atoms with Crippen molar-refractivity contribution in [2.45, 2.75) is 31.2 Å². The first kappa shape index (κ1) is 17.1. The Morgan fingerprint density at radius 2 is 2.04 bits per heavy atom. The Hall–Kier alpha value is -2.34. The predicted octanol–water partition coefficient (Wildman–Crippen LogP) is 2.37. The largest absolute Gasteiger partial charge is 0.365 e. The van der Waals surface area contributed by atoms with Crippen LogP contribution in [0.4, 0.5) is 11.4 Å². The standard InChI is InChI=1S/C20H23BN4S/c1-25-18-11-10-13(21)12-16(18)15-8-5-9-17(19(15)25)23-24-20(26)22-14-6-3-2-4-7-14/h2-4,6-7,10-12,15,19H,5,8-9,21H2,1H3,(H2,22,24,26)/b23-17+. The van der Waals surface area contributed by atoms with Crippen LogP contribution < -0.4 is 21.1 Å². The Labute approximate surface area is 161 Å². The van der Waals surface area contributed by atoms with Gasteiger partial charge in [0.05, 0.1) is 11.8 Å². The molecule has 1 aliphatic carbocycles. The van der Waals surface area contributed by atoms with Gasteiger partial charge in [-0.3, -0.25) is 5.43 Å². The predicted molar refractivity (Wildman–Crippen MR) is 117 cm³/mol. The van der Waals surface area contributed by atoms with Crippen molar-refractivity contribution in [2.24, 2.45) is 5.10 Å². The molecule has 2 aromatic rings. The Balaban J connectivity index is 1.51. The lowest BCUT2D eigenvalue weighted by Gasteiger charge is -2.32. The van der Waals surface area contributed by atoms with Crippen LogP contribution in [-0.4, -0.2) is 31.8 Å². The number of likely N-dealkylation sites (N-methyl/N-ethyl adjacent to an activating group) is 1. The summed E-state index contributed by atoms with van der Waals surface area (Å²) in [7, 11) is 4.35. The van der Waals surface area contributed by atoms with Crippen LogP contribution in [0.1, 0.15) is 30.7 Å². The van der Waals surface area contributed by atoms with Crippen molar-refractivity contribution in [3.8, 4) is 0 Å². The van der Waals surface area contributed by atoms with E-state index in [0.717, 1.165) is 12.1 Å². The van der Waals surface area contributed by atoms with Gasteiger partial charge in [0.1, 0.15) is 7.85 Å². The topological polar surface area (TPSA) is 39.7 Å². The van der Waals surface area contributed by atoms with E-state index in [-0.39, 0.29) is 0 Å². The lowest BCUT2D eigenvalue weighted by molar-refractivity contribution is 0.535. The average molecular weight is 362 g/mol. The Morgan fingerprint density at radius 3 is 2.85 bits per heavy atom. The van der Waals surface area contributed by atoms with E-state index in [1.807, 2.05) is 30.3 Å². The first-order chi connectivity index (χ1) is 12.6. The van der Waals surface area contributed by atoms with Crippen LogP contribution in [-0.2, 0) is 0 Å². The van der Waals surface area contributed by atoms with Gasteiger partial charge in [0.15, 0.2) is 5.11 Å². The minimum absolute atomic E-state index is 0.326. The van der Waals surface area contributed by atoms with Gasteiger partial charge >= 0.3 is 0 Å². The molecule has 1 heterocycles. The molecule has 0 aromatic heterocycles. The maximum atomic E-state index is 5.40. The lowest BCUT2D eigenvalue weighted by atomic mass is 9.80. The molecule has 1 aliphatic heterocycles. The van der Waals surface area contributed by atoms with E-state index in [4.69, 9.17) is 17.3 Å². The number of benzene rings is 2. The number of fused-ring (bicyclic) bond motifs is 3. The van der Waals surface area contributed by atoms with Gasteiger partial charge in [0.2, 0.25) is 0 Å². The minimum Gasteiger partial charge on any atom is -0.365 e. The van der Waals surface area contributed by atoms with Gasteiger partial charge in [-0.25, -0.2) is 0 Å². The molecule has 2 N–H and O–H groups in total. The summed E-state index contributed by atoms with van der Waals surface area (Å²) in [5.41, 5.74) is 9.34. The van der Waals surface area contributed by atoms with Gasteiger partial charge in [-0.1, -0.05) is 35.8 Å². The molecule has 1 saturated carbocycles. The molecule has 2 aromatic carbocycles. The molecule has 0 amide bonds. The zero-order chi connectivity index (χ0) is 18.1. The quantitative estimate of drug-likeness (QED) is 0.489. The fraction of sp³-hybridized carbons (Fsp3) is 0.300. The molecular weight excluding hydrogens is 339 g/mol. The number of rotatable bonds is 2. The van der Waals surface area contributed by atoms with Crippen molar-refractivity contribution in [1.82, 2.24) is 5.43 Å². The summed E-state index contributed by atoms with van der Waals surface area (Å²) < 4.78 is 0. The van der Waals surface area contributed by atoms with Crippen molar-refractivity contribution in [3.05, 3.63) is 54.1 Å². The highest BCUT2D eigenvalue weighted by atomic mass is 32.1. The molecule has 26 heavy (non-hydrogen) atoms. The number of anilines is 2. The maximum absolute atomic E-state index is 5.40. The van der Waals surface area contributed by atoms with Crippen molar-refractivity contribution in [1.29, 1.82) is 0 Å². The summed E-state index contributed by atoms with van der Waals surface area (Å²) in [6, 6.07) is 17.0. The van der Waals surface area contributed by atoms with Gasteiger partial charge in [-0.2, -0.15) is 5.10 Å². The fourth-order valence-corrected chi connectivity index (χ4v) is 4.39.